The molecule has 0 atom stereocenters. The third kappa shape index (κ3) is 5.92. The van der Waals surface area contributed by atoms with Gasteiger partial charge in [-0.3, -0.25) is 4.90 Å². The van der Waals surface area contributed by atoms with E-state index in [1.165, 1.54) is 40.9 Å². The molecule has 43 heavy (non-hydrogen) atoms. The molecule has 218 valence electrons. The van der Waals surface area contributed by atoms with Crippen molar-refractivity contribution in [3.63, 3.8) is 0 Å². The number of likely N-dealkylation sites (tertiary alicyclic amines) is 1. The van der Waals surface area contributed by atoms with Gasteiger partial charge in [-0.2, -0.15) is 0 Å². The first-order chi connectivity index (χ1) is 20.9. The monoisotopic (exact) mass is 610 g/mol. The van der Waals surface area contributed by atoms with Gasteiger partial charge in [0.25, 0.3) is 0 Å². The first-order valence-electron chi connectivity index (χ1n) is 14.9. The lowest BCUT2D eigenvalue weighted by Gasteiger charge is -2.33. The van der Waals surface area contributed by atoms with Crippen LogP contribution in [0.2, 0.25) is 10.0 Å². The lowest BCUT2D eigenvalue weighted by atomic mass is 9.85. The van der Waals surface area contributed by atoms with Gasteiger partial charge in [0.2, 0.25) is 0 Å². The van der Waals surface area contributed by atoms with Gasteiger partial charge in [-0.25, -0.2) is 14.8 Å². The van der Waals surface area contributed by atoms with Gasteiger partial charge >= 0.3 is 5.97 Å². The molecule has 5 aromatic rings. The molecular formula is C35H32Cl2N4O2. The van der Waals surface area contributed by atoms with Crippen molar-refractivity contribution in [3.8, 4) is 0 Å². The number of carboxylic acid groups (broad SMARTS) is 1. The van der Waals surface area contributed by atoms with Crippen molar-refractivity contribution in [2.75, 3.05) is 13.1 Å². The summed E-state index contributed by atoms with van der Waals surface area (Å²) in [6.45, 7) is 2.50. The highest BCUT2D eigenvalue weighted by atomic mass is 35.5. The van der Waals surface area contributed by atoms with E-state index in [4.69, 9.17) is 28.2 Å². The molecule has 0 amide bonds. The summed E-state index contributed by atoms with van der Waals surface area (Å²) in [6.07, 6.45) is 4.40. The zero-order valence-electron chi connectivity index (χ0n) is 23.7. The molecule has 1 aliphatic carbocycles. The normalized spacial score (nSPS) is 16.3. The highest BCUT2D eigenvalue weighted by Gasteiger charge is 2.33. The van der Waals surface area contributed by atoms with Crippen molar-refractivity contribution < 1.29 is 9.90 Å². The molecule has 0 spiro atoms. The van der Waals surface area contributed by atoms with E-state index >= 15 is 0 Å². The van der Waals surface area contributed by atoms with Crippen LogP contribution in [0.4, 0.5) is 0 Å². The second-order valence-electron chi connectivity index (χ2n) is 11.7. The standard InChI is InChI=1S/C35H32Cl2N4O2/c36-26-11-6-22(7-12-26)33(23-8-13-27(37)14-9-23)25-10-15-30-32(20-25)41(34(39-30)24-4-5-24)29-16-18-40(19-17-29)21-28-2-1-3-31(38-28)35(42)43/h1-3,6-15,20,24,29,33H,4-5,16-19,21H2,(H,42,43). The minimum atomic E-state index is -0.992. The maximum atomic E-state index is 11.4. The summed E-state index contributed by atoms with van der Waals surface area (Å²) in [7, 11) is 0. The lowest BCUT2D eigenvalue weighted by Crippen LogP contribution is -2.35. The van der Waals surface area contributed by atoms with Crippen LogP contribution >= 0.6 is 23.2 Å². The number of aromatic nitrogens is 3. The van der Waals surface area contributed by atoms with Crippen molar-refractivity contribution in [1.82, 2.24) is 19.4 Å². The highest BCUT2D eigenvalue weighted by Crippen LogP contribution is 2.44. The summed E-state index contributed by atoms with van der Waals surface area (Å²) in [6, 6.07) is 28.6. The number of hydrogen-bond acceptors (Lipinski definition) is 4. The summed E-state index contributed by atoms with van der Waals surface area (Å²) in [4.78, 5) is 23.3. The predicted molar refractivity (Wildman–Crippen MR) is 170 cm³/mol. The molecule has 2 fully saturated rings. The highest BCUT2D eigenvalue weighted by molar-refractivity contribution is 6.30. The Hall–Kier alpha value is -3.71. The third-order valence-corrected chi connectivity index (χ3v) is 9.26. The van der Waals surface area contributed by atoms with Gasteiger partial charge < -0.3 is 9.67 Å². The van der Waals surface area contributed by atoms with Gasteiger partial charge in [-0.05, 0) is 90.9 Å². The maximum Gasteiger partial charge on any atom is 0.354 e. The summed E-state index contributed by atoms with van der Waals surface area (Å²) in [5.41, 5.74) is 6.70. The van der Waals surface area contributed by atoms with E-state index in [2.05, 4.69) is 56.9 Å². The molecule has 0 unspecified atom stereocenters. The topological polar surface area (TPSA) is 71.2 Å². The first-order valence-corrected chi connectivity index (χ1v) is 15.6. The Morgan fingerprint density at radius 1 is 0.814 bits per heavy atom. The van der Waals surface area contributed by atoms with Crippen LogP contribution < -0.4 is 0 Å². The SMILES string of the molecule is O=C(O)c1cccc(CN2CCC(n3c(C4CC4)nc4ccc(C(c5ccc(Cl)cc5)c5ccc(Cl)cc5)cc43)CC2)n1. The zero-order chi connectivity index (χ0) is 29.5. The minimum absolute atomic E-state index is 0.0302. The average Bonchev–Trinajstić information content (AvgIpc) is 3.80. The van der Waals surface area contributed by atoms with Crippen LogP contribution in [0.15, 0.2) is 84.9 Å². The molecule has 3 heterocycles. The quantitative estimate of drug-likeness (QED) is 0.179. The van der Waals surface area contributed by atoms with Crippen molar-refractivity contribution in [2.24, 2.45) is 0 Å². The molecule has 7 rings (SSSR count). The number of rotatable bonds is 8. The van der Waals surface area contributed by atoms with E-state index in [0.29, 0.717) is 18.5 Å². The second kappa shape index (κ2) is 11.8. The number of piperidine rings is 1. The molecular weight excluding hydrogens is 579 g/mol. The smallest absolute Gasteiger partial charge is 0.354 e. The van der Waals surface area contributed by atoms with E-state index in [1.807, 2.05) is 30.3 Å². The Bertz CT molecular complexity index is 1730. The number of aromatic carboxylic acids is 1. The van der Waals surface area contributed by atoms with Crippen LogP contribution in [0, 0.1) is 0 Å². The van der Waals surface area contributed by atoms with Gasteiger partial charge in [0.1, 0.15) is 11.5 Å². The third-order valence-electron chi connectivity index (χ3n) is 8.76. The number of hydrogen-bond donors (Lipinski definition) is 1. The van der Waals surface area contributed by atoms with Gasteiger partial charge in [-0.15, -0.1) is 0 Å². The van der Waals surface area contributed by atoms with E-state index < -0.39 is 5.97 Å². The van der Waals surface area contributed by atoms with Crippen molar-refractivity contribution in [2.45, 2.75) is 50.1 Å². The van der Waals surface area contributed by atoms with Crippen LogP contribution in [0.3, 0.4) is 0 Å². The van der Waals surface area contributed by atoms with Crippen LogP contribution in [-0.2, 0) is 6.54 Å². The zero-order valence-corrected chi connectivity index (χ0v) is 25.2. The summed E-state index contributed by atoms with van der Waals surface area (Å²) in [5, 5.41) is 10.8. The largest absolute Gasteiger partial charge is 0.477 e. The number of carboxylic acids is 1. The van der Waals surface area contributed by atoms with Crippen LogP contribution in [-0.4, -0.2) is 43.6 Å². The van der Waals surface area contributed by atoms with E-state index in [0.717, 1.165) is 47.2 Å². The number of carbonyl (C=O) groups is 1. The molecule has 3 aromatic carbocycles. The van der Waals surface area contributed by atoms with E-state index in [1.54, 1.807) is 12.1 Å². The Morgan fingerprint density at radius 2 is 1.44 bits per heavy atom. The Morgan fingerprint density at radius 3 is 2.05 bits per heavy atom. The molecule has 1 aliphatic heterocycles. The van der Waals surface area contributed by atoms with Crippen molar-refractivity contribution in [1.29, 1.82) is 0 Å². The molecule has 1 saturated heterocycles. The van der Waals surface area contributed by atoms with Gasteiger partial charge in [0.15, 0.2) is 0 Å². The number of halogens is 2. The molecule has 1 saturated carbocycles. The van der Waals surface area contributed by atoms with Crippen molar-refractivity contribution >= 4 is 40.2 Å². The van der Waals surface area contributed by atoms with Crippen LogP contribution in [0.25, 0.3) is 11.0 Å². The lowest BCUT2D eigenvalue weighted by molar-refractivity contribution is 0.0689. The Labute approximate surface area is 260 Å². The summed E-state index contributed by atoms with van der Waals surface area (Å²) >= 11 is 12.5. The molecule has 1 N–H and O–H groups in total. The average molecular weight is 612 g/mol. The Kier molecular flexibility index (Phi) is 7.68. The number of pyridine rings is 1. The first kappa shape index (κ1) is 28.1. The van der Waals surface area contributed by atoms with Gasteiger partial charge in [-0.1, -0.05) is 59.6 Å². The fraction of sp³-hybridized carbons (Fsp3) is 0.286. The second-order valence-corrected chi connectivity index (χ2v) is 12.6. The van der Waals surface area contributed by atoms with Crippen molar-refractivity contribution in [3.05, 3.63) is 129 Å². The molecule has 0 bridgehead atoms. The summed E-state index contributed by atoms with van der Waals surface area (Å²) in [5.74, 6) is 0.785. The fourth-order valence-corrected chi connectivity index (χ4v) is 6.71. The molecule has 2 aliphatic rings. The number of nitrogens with zero attached hydrogens (tertiary/aromatic N) is 4. The van der Waals surface area contributed by atoms with Gasteiger partial charge in [0.05, 0.1) is 16.7 Å². The maximum absolute atomic E-state index is 11.4. The van der Waals surface area contributed by atoms with Crippen LogP contribution in [0.5, 0.6) is 0 Å². The molecule has 0 radical (unpaired) electrons. The van der Waals surface area contributed by atoms with E-state index in [-0.39, 0.29) is 11.6 Å². The fourth-order valence-electron chi connectivity index (χ4n) is 6.46. The predicted octanol–water partition coefficient (Wildman–Crippen LogP) is 8.33. The Balaban J connectivity index is 1.21. The minimum Gasteiger partial charge on any atom is -0.477 e. The molecule has 6 nitrogen and oxygen atoms in total. The number of fused-ring (bicyclic) bond motifs is 1. The number of benzene rings is 3. The molecule has 2 aromatic heterocycles. The van der Waals surface area contributed by atoms with Crippen LogP contribution in [0.1, 0.15) is 82.3 Å². The molecule has 8 heteroatoms. The van der Waals surface area contributed by atoms with E-state index in [9.17, 15) is 9.90 Å². The summed E-state index contributed by atoms with van der Waals surface area (Å²) < 4.78 is 2.54. The number of imidazole rings is 1. The van der Waals surface area contributed by atoms with Gasteiger partial charge in [0, 0.05) is 47.6 Å².